The van der Waals surface area contributed by atoms with Crippen molar-refractivity contribution in [1.29, 1.82) is 0 Å². The quantitative estimate of drug-likeness (QED) is 0.177. The number of para-hydroxylation sites is 1. The van der Waals surface area contributed by atoms with Crippen LogP contribution >= 0.6 is 15.8 Å². The molecule has 5 aromatic rings. The Morgan fingerprint density at radius 2 is 1.07 bits per heavy atom. The molecular weight excluding hydrogens is 570 g/mol. The first-order valence-electron chi connectivity index (χ1n) is 14.9. The second-order valence-electron chi connectivity index (χ2n) is 10.7. The Morgan fingerprint density at radius 3 is 1.61 bits per heavy atom. The van der Waals surface area contributed by atoms with Crippen molar-refractivity contribution >= 4 is 47.9 Å². The van der Waals surface area contributed by atoms with Gasteiger partial charge in [-0.25, -0.2) is 0 Å². The summed E-state index contributed by atoms with van der Waals surface area (Å²) in [6.07, 6.45) is 12.2. The standard InChI is InChI=1S/C41H32OP2/c1-31-39(43(34-18-6-2-7-19-34)35-20-8-3-9-21-35)29-28-32-16-14-17-33(30-32)38-26-15-27-40(41(38)42-31)44(36-22-10-4-11-23-36)37-24-12-5-13-25-37/h2-15,17-30H,1,16H2. The molecule has 0 aromatic heterocycles. The molecule has 2 bridgehead atoms. The zero-order valence-electron chi connectivity index (χ0n) is 24.4. The fraction of sp³-hybridized carbons (Fsp3) is 0.0244. The van der Waals surface area contributed by atoms with Crippen molar-refractivity contribution in [3.63, 3.8) is 0 Å². The van der Waals surface area contributed by atoms with E-state index >= 15 is 0 Å². The highest BCUT2D eigenvalue weighted by Crippen LogP contribution is 2.49. The van der Waals surface area contributed by atoms with Crippen molar-refractivity contribution in [2.45, 2.75) is 6.42 Å². The SMILES string of the molecule is C=C1Oc2c(cccc2P(c2ccccc2)c2ccccc2)C2=CC(=CC=C1P(c1ccccc1)c1ccccc1)CC=C2. The Hall–Kier alpha value is -4.54. The predicted octanol–water partition coefficient (Wildman–Crippen LogP) is 8.64. The lowest BCUT2D eigenvalue weighted by Crippen LogP contribution is -2.23. The Labute approximate surface area is 262 Å². The van der Waals surface area contributed by atoms with Crippen LogP contribution in [0.15, 0.2) is 193 Å². The van der Waals surface area contributed by atoms with Gasteiger partial charge < -0.3 is 4.74 Å². The van der Waals surface area contributed by atoms with E-state index in [1.54, 1.807) is 0 Å². The van der Waals surface area contributed by atoms with Gasteiger partial charge in [0.2, 0.25) is 0 Å². The summed E-state index contributed by atoms with van der Waals surface area (Å²) in [5, 5.41) is 7.40. The van der Waals surface area contributed by atoms with Crippen LogP contribution in [0.3, 0.4) is 0 Å². The van der Waals surface area contributed by atoms with Crippen LogP contribution < -0.4 is 31.3 Å². The first kappa shape index (κ1) is 28.2. The van der Waals surface area contributed by atoms with Crippen LogP contribution in [-0.2, 0) is 0 Å². The third-order valence-electron chi connectivity index (χ3n) is 7.80. The fourth-order valence-electron chi connectivity index (χ4n) is 5.76. The number of benzene rings is 5. The highest BCUT2D eigenvalue weighted by Gasteiger charge is 2.28. The normalized spacial score (nSPS) is 14.3. The number of hydrogen-bond acceptors (Lipinski definition) is 1. The van der Waals surface area contributed by atoms with E-state index in [0.717, 1.165) is 28.6 Å². The fourth-order valence-corrected chi connectivity index (χ4v) is 10.5. The average molecular weight is 603 g/mol. The van der Waals surface area contributed by atoms with Crippen molar-refractivity contribution < 1.29 is 4.74 Å². The summed E-state index contributed by atoms with van der Waals surface area (Å²) in [6.45, 7) is 4.65. The van der Waals surface area contributed by atoms with Gasteiger partial charge in [0, 0.05) is 16.2 Å². The minimum absolute atomic E-state index is 0.690. The maximum absolute atomic E-state index is 7.12. The molecule has 1 aliphatic carbocycles. The van der Waals surface area contributed by atoms with Crippen LogP contribution in [-0.4, -0.2) is 0 Å². The molecule has 0 amide bonds. The van der Waals surface area contributed by atoms with Crippen LogP contribution in [0.4, 0.5) is 0 Å². The largest absolute Gasteiger partial charge is 0.456 e. The van der Waals surface area contributed by atoms with E-state index in [-0.39, 0.29) is 0 Å². The van der Waals surface area contributed by atoms with Crippen LogP contribution in [0.2, 0.25) is 0 Å². The zero-order valence-corrected chi connectivity index (χ0v) is 26.2. The third-order valence-corrected chi connectivity index (χ3v) is 12.8. The Morgan fingerprint density at radius 1 is 0.545 bits per heavy atom. The molecule has 3 heteroatoms. The van der Waals surface area contributed by atoms with Crippen LogP contribution in [0.25, 0.3) is 5.57 Å². The van der Waals surface area contributed by atoms with Gasteiger partial charge >= 0.3 is 0 Å². The number of hydrogen-bond donors (Lipinski definition) is 0. The molecule has 0 spiro atoms. The van der Waals surface area contributed by atoms with Gasteiger partial charge in [0.1, 0.15) is 11.5 Å². The molecule has 0 N–H and O–H groups in total. The summed E-state index contributed by atoms with van der Waals surface area (Å²) in [5.74, 6) is 1.58. The molecule has 0 atom stereocenters. The maximum Gasteiger partial charge on any atom is 0.143 e. The Bertz CT molecular complexity index is 1820. The van der Waals surface area contributed by atoms with E-state index in [1.807, 2.05) is 0 Å². The summed E-state index contributed by atoms with van der Waals surface area (Å²) < 4.78 is 7.12. The number of ether oxygens (including phenoxy) is 1. The van der Waals surface area contributed by atoms with E-state index in [0.29, 0.717) is 5.76 Å². The molecule has 44 heavy (non-hydrogen) atoms. The Kier molecular flexibility index (Phi) is 8.34. The molecule has 1 aliphatic heterocycles. The lowest BCUT2D eigenvalue weighted by Gasteiger charge is -2.28. The van der Waals surface area contributed by atoms with Gasteiger partial charge in [-0.3, -0.25) is 0 Å². The van der Waals surface area contributed by atoms with Crippen molar-refractivity contribution in [2.75, 3.05) is 0 Å². The monoisotopic (exact) mass is 602 g/mol. The topological polar surface area (TPSA) is 9.23 Å². The highest BCUT2D eigenvalue weighted by atomic mass is 31.1. The number of rotatable bonds is 6. The minimum Gasteiger partial charge on any atom is -0.456 e. The third kappa shape index (κ3) is 5.82. The lowest BCUT2D eigenvalue weighted by molar-refractivity contribution is 0.447. The second kappa shape index (κ2) is 13.0. The molecule has 5 aromatic carbocycles. The van der Waals surface area contributed by atoms with E-state index in [9.17, 15) is 0 Å². The molecule has 0 saturated carbocycles. The predicted molar refractivity (Wildman–Crippen MR) is 192 cm³/mol. The molecular formula is C41H32OP2. The first-order valence-corrected chi connectivity index (χ1v) is 17.5. The van der Waals surface area contributed by atoms with Crippen molar-refractivity contribution in [1.82, 2.24) is 0 Å². The number of allylic oxidation sites excluding steroid dienone is 8. The smallest absolute Gasteiger partial charge is 0.143 e. The number of fused-ring (bicyclic) bond motifs is 3. The molecule has 212 valence electrons. The molecule has 0 saturated heterocycles. The zero-order chi connectivity index (χ0) is 29.7. The van der Waals surface area contributed by atoms with Gasteiger partial charge in [0.15, 0.2) is 0 Å². The summed E-state index contributed by atoms with van der Waals surface area (Å²) in [7, 11) is -1.81. The highest BCUT2D eigenvalue weighted by molar-refractivity contribution is 7.80. The van der Waals surface area contributed by atoms with E-state index in [2.05, 4.69) is 176 Å². The minimum atomic E-state index is -0.918. The summed E-state index contributed by atoms with van der Waals surface area (Å²) in [5.41, 5.74) is 3.53. The van der Waals surface area contributed by atoms with Crippen molar-refractivity contribution in [2.24, 2.45) is 0 Å². The van der Waals surface area contributed by atoms with Crippen molar-refractivity contribution in [3.8, 4) is 5.75 Å². The second-order valence-corrected chi connectivity index (χ2v) is 15.1. The van der Waals surface area contributed by atoms with Gasteiger partial charge in [0.25, 0.3) is 0 Å². The molecule has 2 aliphatic rings. The molecule has 0 unspecified atom stereocenters. The summed E-state index contributed by atoms with van der Waals surface area (Å²) in [4.78, 5) is 0. The maximum atomic E-state index is 7.12. The van der Waals surface area contributed by atoms with Gasteiger partial charge in [-0.2, -0.15) is 0 Å². The summed E-state index contributed by atoms with van der Waals surface area (Å²) >= 11 is 0. The molecule has 0 radical (unpaired) electrons. The molecule has 1 heterocycles. The molecule has 0 fully saturated rings. The van der Waals surface area contributed by atoms with Crippen LogP contribution in [0.5, 0.6) is 5.75 Å². The Balaban J connectivity index is 1.44. The van der Waals surface area contributed by atoms with Gasteiger partial charge in [-0.15, -0.1) is 0 Å². The lowest BCUT2D eigenvalue weighted by atomic mass is 9.95. The first-order chi connectivity index (χ1) is 21.8. The van der Waals surface area contributed by atoms with E-state index < -0.39 is 15.8 Å². The van der Waals surface area contributed by atoms with Gasteiger partial charge in [-0.1, -0.05) is 170 Å². The van der Waals surface area contributed by atoms with Crippen LogP contribution in [0.1, 0.15) is 12.0 Å². The summed E-state index contributed by atoms with van der Waals surface area (Å²) in [6, 6.07) is 49.8. The van der Waals surface area contributed by atoms with Gasteiger partial charge in [0.05, 0.1) is 0 Å². The average Bonchev–Trinajstić information content (AvgIpc) is 3.09. The van der Waals surface area contributed by atoms with Gasteiger partial charge in [-0.05, 0) is 60.7 Å². The van der Waals surface area contributed by atoms with Crippen LogP contribution in [0, 0.1) is 0 Å². The van der Waals surface area contributed by atoms with Crippen molar-refractivity contribution in [3.05, 3.63) is 199 Å². The molecule has 1 nitrogen and oxygen atoms in total. The van der Waals surface area contributed by atoms with E-state index in [1.165, 1.54) is 32.1 Å². The van der Waals surface area contributed by atoms with E-state index in [4.69, 9.17) is 4.74 Å². The molecule has 7 rings (SSSR count).